The van der Waals surface area contributed by atoms with Crippen LogP contribution in [-0.4, -0.2) is 50.7 Å². The molecule has 0 aliphatic heterocycles. The normalized spacial score (nSPS) is 11.5. The van der Waals surface area contributed by atoms with Crippen LogP contribution in [0.5, 0.6) is 0 Å². The number of fused-ring (bicyclic) bond motifs is 2. The predicted molar refractivity (Wildman–Crippen MR) is 151 cm³/mol. The summed E-state index contributed by atoms with van der Waals surface area (Å²) in [4.78, 5) is 14.5. The van der Waals surface area contributed by atoms with E-state index in [1.807, 2.05) is 50.6 Å². The molecule has 0 bridgehead atoms. The molecule has 0 aliphatic rings. The van der Waals surface area contributed by atoms with Gasteiger partial charge in [-0.15, -0.1) is 0 Å². The molecule has 0 spiro atoms. The number of rotatable bonds is 7. The lowest BCUT2D eigenvalue weighted by Crippen LogP contribution is -2.18. The Morgan fingerprint density at radius 2 is 1.79 bits per heavy atom. The molecule has 0 aliphatic carbocycles. The standard InChI is InChI=1S/C30H26FN7/c1-18(17-38(2)3)34-23-11-20(14-32-16-23)21-12-26-29(36-37-30(26)33-15-21)28-13-25-24(8-5-9-27(25)35-28)19-6-4-7-22(31)10-19/h4-16,34-35H,1,17H2,2-3H3,(H,33,36,37). The molecule has 4 heterocycles. The van der Waals surface area contributed by atoms with Gasteiger partial charge in [-0.25, -0.2) is 9.37 Å². The molecule has 0 radical (unpaired) electrons. The number of likely N-dealkylation sites (N-methyl/N-ethyl adjacent to an activating group) is 1. The third-order valence-electron chi connectivity index (χ3n) is 6.38. The number of H-pyrrole nitrogens is 2. The van der Waals surface area contributed by atoms with Crippen LogP contribution in [0, 0.1) is 5.82 Å². The van der Waals surface area contributed by atoms with E-state index in [-0.39, 0.29) is 5.82 Å². The monoisotopic (exact) mass is 503 g/mol. The number of pyridine rings is 2. The second-order valence-electron chi connectivity index (χ2n) is 9.58. The fourth-order valence-electron chi connectivity index (χ4n) is 4.75. The van der Waals surface area contributed by atoms with Crippen LogP contribution in [0.25, 0.3) is 55.6 Å². The SMILES string of the molecule is C=C(CN(C)C)Nc1cncc(-c2cnc3n[nH]c(-c4cc5c(-c6cccc(F)c6)cccc5[nH]4)c3c2)c1. The first kappa shape index (κ1) is 23.6. The minimum absolute atomic E-state index is 0.260. The van der Waals surface area contributed by atoms with E-state index in [9.17, 15) is 4.39 Å². The Hall–Kier alpha value is -4.82. The van der Waals surface area contributed by atoms with Crippen molar-refractivity contribution in [1.29, 1.82) is 0 Å². The highest BCUT2D eigenvalue weighted by Crippen LogP contribution is 2.35. The summed E-state index contributed by atoms with van der Waals surface area (Å²) in [5.41, 5.74) is 8.66. The van der Waals surface area contributed by atoms with Gasteiger partial charge in [0.05, 0.1) is 23.3 Å². The molecule has 0 amide bonds. The molecule has 6 rings (SSSR count). The largest absolute Gasteiger partial charge is 0.357 e. The fourth-order valence-corrected chi connectivity index (χ4v) is 4.75. The van der Waals surface area contributed by atoms with Crippen LogP contribution in [0.3, 0.4) is 0 Å². The minimum Gasteiger partial charge on any atom is -0.357 e. The Balaban J connectivity index is 1.38. The minimum atomic E-state index is -0.260. The molecule has 3 N–H and O–H groups in total. The summed E-state index contributed by atoms with van der Waals surface area (Å²) < 4.78 is 13.9. The number of hydrogen-bond donors (Lipinski definition) is 3. The molecule has 0 fully saturated rings. The maximum absolute atomic E-state index is 13.9. The average Bonchev–Trinajstić information content (AvgIpc) is 3.52. The van der Waals surface area contributed by atoms with E-state index in [4.69, 9.17) is 0 Å². The Morgan fingerprint density at radius 3 is 2.63 bits per heavy atom. The zero-order valence-corrected chi connectivity index (χ0v) is 21.1. The predicted octanol–water partition coefficient (Wildman–Crippen LogP) is 6.46. The van der Waals surface area contributed by atoms with Crippen molar-refractivity contribution in [2.24, 2.45) is 0 Å². The quantitative estimate of drug-likeness (QED) is 0.233. The summed E-state index contributed by atoms with van der Waals surface area (Å²) in [5, 5.41) is 12.8. The van der Waals surface area contributed by atoms with Crippen LogP contribution in [-0.2, 0) is 0 Å². The number of anilines is 1. The van der Waals surface area contributed by atoms with Crippen LogP contribution < -0.4 is 5.32 Å². The van der Waals surface area contributed by atoms with Crippen LogP contribution in [0.1, 0.15) is 0 Å². The van der Waals surface area contributed by atoms with Gasteiger partial charge in [-0.2, -0.15) is 5.10 Å². The number of halogens is 1. The number of nitrogens with zero attached hydrogens (tertiary/aromatic N) is 4. The van der Waals surface area contributed by atoms with Gasteiger partial charge in [0.2, 0.25) is 0 Å². The summed E-state index contributed by atoms with van der Waals surface area (Å²) >= 11 is 0. The zero-order valence-electron chi connectivity index (χ0n) is 21.1. The van der Waals surface area contributed by atoms with Crippen LogP contribution in [0.15, 0.2) is 91.5 Å². The number of aromatic nitrogens is 5. The summed E-state index contributed by atoms with van der Waals surface area (Å²) in [6.45, 7) is 4.82. The van der Waals surface area contributed by atoms with Gasteiger partial charge >= 0.3 is 0 Å². The molecule has 4 aromatic heterocycles. The number of aromatic amines is 2. The van der Waals surface area contributed by atoms with E-state index in [0.29, 0.717) is 5.65 Å². The highest BCUT2D eigenvalue weighted by molar-refractivity contribution is 6.01. The molecule has 8 heteroatoms. The van der Waals surface area contributed by atoms with Crippen LogP contribution in [0.4, 0.5) is 10.1 Å². The van der Waals surface area contributed by atoms with Crippen molar-refractivity contribution in [3.8, 4) is 33.6 Å². The van der Waals surface area contributed by atoms with E-state index in [1.54, 1.807) is 24.5 Å². The Kier molecular flexibility index (Phi) is 5.94. The van der Waals surface area contributed by atoms with Crippen molar-refractivity contribution in [2.75, 3.05) is 26.0 Å². The maximum Gasteiger partial charge on any atom is 0.181 e. The molecular formula is C30H26FN7. The lowest BCUT2D eigenvalue weighted by atomic mass is 10.0. The molecule has 0 unspecified atom stereocenters. The summed E-state index contributed by atoms with van der Waals surface area (Å²) in [5.74, 6) is -0.260. The lowest BCUT2D eigenvalue weighted by Gasteiger charge is -2.14. The third-order valence-corrected chi connectivity index (χ3v) is 6.38. The first-order chi connectivity index (χ1) is 18.4. The number of hydrogen-bond acceptors (Lipinski definition) is 5. The molecule has 2 aromatic carbocycles. The van der Waals surface area contributed by atoms with Crippen LogP contribution in [0.2, 0.25) is 0 Å². The van der Waals surface area contributed by atoms with Gasteiger partial charge in [0, 0.05) is 52.1 Å². The molecule has 188 valence electrons. The smallest absolute Gasteiger partial charge is 0.181 e. The lowest BCUT2D eigenvalue weighted by molar-refractivity contribution is 0.447. The highest BCUT2D eigenvalue weighted by Gasteiger charge is 2.15. The van der Waals surface area contributed by atoms with E-state index in [0.717, 1.165) is 67.9 Å². The van der Waals surface area contributed by atoms with Gasteiger partial charge < -0.3 is 15.2 Å². The molecule has 0 saturated carbocycles. The van der Waals surface area contributed by atoms with Crippen molar-refractivity contribution >= 4 is 27.6 Å². The van der Waals surface area contributed by atoms with Gasteiger partial charge in [-0.1, -0.05) is 30.8 Å². The first-order valence-corrected chi connectivity index (χ1v) is 12.2. The van der Waals surface area contributed by atoms with Gasteiger partial charge in [0.1, 0.15) is 5.82 Å². The van der Waals surface area contributed by atoms with E-state index in [1.165, 1.54) is 6.07 Å². The van der Waals surface area contributed by atoms with Crippen molar-refractivity contribution in [3.63, 3.8) is 0 Å². The number of nitrogens with one attached hydrogen (secondary N) is 3. The van der Waals surface area contributed by atoms with E-state index < -0.39 is 0 Å². The molecule has 0 saturated heterocycles. The molecule has 38 heavy (non-hydrogen) atoms. The summed E-state index contributed by atoms with van der Waals surface area (Å²) in [7, 11) is 4.00. The third kappa shape index (κ3) is 4.53. The maximum atomic E-state index is 13.9. The van der Waals surface area contributed by atoms with E-state index >= 15 is 0 Å². The van der Waals surface area contributed by atoms with Gasteiger partial charge in [-0.3, -0.25) is 10.1 Å². The highest BCUT2D eigenvalue weighted by atomic mass is 19.1. The van der Waals surface area contributed by atoms with Gasteiger partial charge in [0.15, 0.2) is 5.65 Å². The Bertz CT molecular complexity index is 1800. The van der Waals surface area contributed by atoms with Crippen molar-refractivity contribution in [1.82, 2.24) is 30.0 Å². The van der Waals surface area contributed by atoms with Crippen molar-refractivity contribution < 1.29 is 4.39 Å². The summed E-state index contributed by atoms with van der Waals surface area (Å²) in [6.07, 6.45) is 5.40. The fraction of sp³-hybridized carbons (Fsp3) is 0.100. The van der Waals surface area contributed by atoms with Gasteiger partial charge in [-0.05, 0) is 61.6 Å². The van der Waals surface area contributed by atoms with Gasteiger partial charge in [0.25, 0.3) is 0 Å². The van der Waals surface area contributed by atoms with Crippen LogP contribution >= 0.6 is 0 Å². The molecular weight excluding hydrogens is 477 g/mol. The Morgan fingerprint density at radius 1 is 0.947 bits per heavy atom. The number of benzene rings is 2. The topological polar surface area (TPSA) is 85.5 Å². The first-order valence-electron chi connectivity index (χ1n) is 12.2. The van der Waals surface area contributed by atoms with Crippen molar-refractivity contribution in [2.45, 2.75) is 0 Å². The molecule has 0 atom stereocenters. The average molecular weight is 504 g/mol. The molecule has 6 aromatic rings. The Labute approximate surface area is 219 Å². The molecule has 7 nitrogen and oxygen atoms in total. The zero-order chi connectivity index (χ0) is 26.2. The van der Waals surface area contributed by atoms with Crippen molar-refractivity contribution in [3.05, 3.63) is 97.3 Å². The summed E-state index contributed by atoms with van der Waals surface area (Å²) in [6, 6.07) is 18.8. The van der Waals surface area contributed by atoms with E-state index in [2.05, 4.69) is 54.1 Å². The second-order valence-corrected chi connectivity index (χ2v) is 9.58. The second kappa shape index (κ2) is 9.57.